The van der Waals surface area contributed by atoms with Crippen molar-refractivity contribution < 1.29 is 9.53 Å². The molecule has 0 atom stereocenters. The second kappa shape index (κ2) is 4.76. The number of benzene rings is 2. The van der Waals surface area contributed by atoms with Gasteiger partial charge in [-0.3, -0.25) is 0 Å². The Bertz CT molecular complexity index is 576. The van der Waals surface area contributed by atoms with Crippen LogP contribution in [0.3, 0.4) is 0 Å². The van der Waals surface area contributed by atoms with E-state index in [-0.39, 0.29) is 5.92 Å². The molecule has 2 aromatic rings. The normalized spacial score (nSPS) is 12.7. The van der Waals surface area contributed by atoms with Crippen molar-refractivity contribution in [3.8, 4) is 11.1 Å². The van der Waals surface area contributed by atoms with Crippen LogP contribution in [-0.2, 0) is 4.74 Å². The van der Waals surface area contributed by atoms with Crippen LogP contribution in [0.15, 0.2) is 48.5 Å². The van der Waals surface area contributed by atoms with E-state index in [1.165, 1.54) is 29.3 Å². The highest BCUT2D eigenvalue weighted by molar-refractivity contribution is 5.79. The lowest BCUT2D eigenvalue weighted by molar-refractivity contribution is 0.144. The van der Waals surface area contributed by atoms with E-state index in [1.54, 1.807) is 0 Å². The van der Waals surface area contributed by atoms with Gasteiger partial charge in [0.15, 0.2) is 0 Å². The second-order valence-corrected chi connectivity index (χ2v) is 4.53. The molecule has 3 nitrogen and oxygen atoms in total. The predicted octanol–water partition coefficient (Wildman–Crippen LogP) is 3.17. The van der Waals surface area contributed by atoms with Crippen molar-refractivity contribution >= 4 is 6.09 Å². The number of fused-ring (bicyclic) bond motifs is 3. The number of carbonyl (C=O) groups is 1. The van der Waals surface area contributed by atoms with Gasteiger partial charge in [-0.05, 0) is 22.3 Å². The Hall–Kier alpha value is -2.29. The fraction of sp³-hybridized carbons (Fsp3) is 0.188. The van der Waals surface area contributed by atoms with Gasteiger partial charge >= 0.3 is 6.09 Å². The van der Waals surface area contributed by atoms with Crippen molar-refractivity contribution in [3.05, 3.63) is 59.7 Å². The fourth-order valence-electron chi connectivity index (χ4n) is 2.66. The Morgan fingerprint density at radius 1 is 1.05 bits per heavy atom. The Kier molecular flexibility index (Phi) is 2.95. The minimum Gasteiger partial charge on any atom is -0.447 e. The van der Waals surface area contributed by atoms with E-state index >= 15 is 0 Å². The van der Waals surface area contributed by atoms with Gasteiger partial charge in [0.1, 0.15) is 6.61 Å². The van der Waals surface area contributed by atoms with Gasteiger partial charge in [-0.15, -0.1) is 0 Å². The first kappa shape index (κ1) is 11.8. The maximum Gasteiger partial charge on any atom is 0.428 e. The van der Waals surface area contributed by atoms with Gasteiger partial charge in [0.25, 0.3) is 0 Å². The summed E-state index contributed by atoms with van der Waals surface area (Å²) in [6, 6.07) is 16.5. The van der Waals surface area contributed by atoms with E-state index in [4.69, 9.17) is 4.74 Å². The number of ether oxygens (including phenoxy) is 1. The molecule has 1 aliphatic carbocycles. The highest BCUT2D eigenvalue weighted by atomic mass is 16.5. The van der Waals surface area contributed by atoms with Crippen LogP contribution in [0.2, 0.25) is 0 Å². The zero-order valence-electron chi connectivity index (χ0n) is 10.7. The van der Waals surface area contributed by atoms with Crippen molar-refractivity contribution in [2.75, 3.05) is 13.7 Å². The number of carbonyl (C=O) groups excluding carboxylic acids is 1. The van der Waals surface area contributed by atoms with Gasteiger partial charge < -0.3 is 4.74 Å². The van der Waals surface area contributed by atoms with Crippen molar-refractivity contribution in [2.45, 2.75) is 5.92 Å². The lowest BCUT2D eigenvalue weighted by Crippen LogP contribution is -2.17. The molecule has 0 N–H and O–H groups in total. The van der Waals surface area contributed by atoms with Crippen LogP contribution in [0.1, 0.15) is 17.0 Å². The number of hydrogen-bond acceptors (Lipinski definition) is 2. The summed E-state index contributed by atoms with van der Waals surface area (Å²) in [5, 5.41) is 3.50. The van der Waals surface area contributed by atoms with Crippen LogP contribution in [0.4, 0.5) is 4.79 Å². The van der Waals surface area contributed by atoms with Crippen molar-refractivity contribution in [1.82, 2.24) is 5.32 Å². The van der Waals surface area contributed by atoms with Crippen LogP contribution < -0.4 is 5.32 Å². The molecule has 0 fully saturated rings. The van der Waals surface area contributed by atoms with Gasteiger partial charge in [0.05, 0.1) is 0 Å². The molecule has 19 heavy (non-hydrogen) atoms. The van der Waals surface area contributed by atoms with Crippen LogP contribution in [0.25, 0.3) is 11.1 Å². The molecule has 0 aliphatic heterocycles. The van der Waals surface area contributed by atoms with Crippen LogP contribution in [-0.4, -0.2) is 19.7 Å². The predicted molar refractivity (Wildman–Crippen MR) is 73.1 cm³/mol. The molecule has 2 aromatic carbocycles. The van der Waals surface area contributed by atoms with Crippen molar-refractivity contribution in [3.63, 3.8) is 0 Å². The third kappa shape index (κ3) is 1.97. The lowest BCUT2D eigenvalue weighted by atomic mass is 9.98. The summed E-state index contributed by atoms with van der Waals surface area (Å²) in [5.41, 5.74) is 4.89. The standard InChI is InChI=1S/C16H14NO2/c1-17-16(18)19-10-15-13-8-4-2-6-11(13)12-7-3-5-9-14(12)15/h2-9,15H,10H2,1H3. The maximum atomic E-state index is 11.2. The van der Waals surface area contributed by atoms with E-state index in [2.05, 4.69) is 29.6 Å². The van der Waals surface area contributed by atoms with E-state index in [0.29, 0.717) is 6.61 Å². The second-order valence-electron chi connectivity index (χ2n) is 4.53. The average Bonchev–Trinajstić information content (AvgIpc) is 2.79. The summed E-state index contributed by atoms with van der Waals surface area (Å²) in [6.45, 7) is 0.337. The summed E-state index contributed by atoms with van der Waals surface area (Å²) in [4.78, 5) is 11.2. The summed E-state index contributed by atoms with van der Waals surface area (Å²) >= 11 is 0. The van der Waals surface area contributed by atoms with Gasteiger partial charge in [0.2, 0.25) is 0 Å². The van der Waals surface area contributed by atoms with Crippen LogP contribution >= 0.6 is 0 Å². The summed E-state index contributed by atoms with van der Waals surface area (Å²) < 4.78 is 5.18. The first-order valence-corrected chi connectivity index (χ1v) is 6.26. The molecule has 1 amide bonds. The van der Waals surface area contributed by atoms with E-state index < -0.39 is 6.09 Å². The molecular weight excluding hydrogens is 238 g/mol. The molecule has 3 rings (SSSR count). The number of hydrogen-bond donors (Lipinski definition) is 0. The topological polar surface area (TPSA) is 40.4 Å². The Morgan fingerprint density at radius 2 is 1.58 bits per heavy atom. The maximum absolute atomic E-state index is 11.2. The molecule has 0 bridgehead atoms. The largest absolute Gasteiger partial charge is 0.447 e. The van der Waals surface area contributed by atoms with Crippen LogP contribution in [0.5, 0.6) is 0 Å². The molecule has 0 heterocycles. The highest BCUT2D eigenvalue weighted by Gasteiger charge is 2.28. The van der Waals surface area contributed by atoms with Crippen LogP contribution in [0, 0.1) is 0 Å². The molecule has 95 valence electrons. The third-order valence-corrected chi connectivity index (χ3v) is 3.52. The van der Waals surface area contributed by atoms with E-state index in [0.717, 1.165) is 0 Å². The third-order valence-electron chi connectivity index (χ3n) is 3.52. The monoisotopic (exact) mass is 252 g/mol. The number of amides is 1. The summed E-state index contributed by atoms with van der Waals surface area (Å²) in [7, 11) is 1.44. The zero-order valence-corrected chi connectivity index (χ0v) is 10.7. The average molecular weight is 252 g/mol. The number of rotatable bonds is 2. The van der Waals surface area contributed by atoms with E-state index in [1.807, 2.05) is 24.3 Å². The molecule has 1 aliphatic rings. The summed E-state index contributed by atoms with van der Waals surface area (Å²) in [6.07, 6.45) is -0.512. The Labute approximate surface area is 112 Å². The highest BCUT2D eigenvalue weighted by Crippen LogP contribution is 2.44. The van der Waals surface area contributed by atoms with Crippen molar-refractivity contribution in [1.29, 1.82) is 0 Å². The zero-order chi connectivity index (χ0) is 13.2. The molecule has 0 saturated heterocycles. The fourth-order valence-corrected chi connectivity index (χ4v) is 2.66. The smallest absolute Gasteiger partial charge is 0.428 e. The quantitative estimate of drug-likeness (QED) is 0.823. The molecule has 0 saturated carbocycles. The first-order valence-electron chi connectivity index (χ1n) is 6.26. The minimum atomic E-state index is -0.512. The minimum absolute atomic E-state index is 0.109. The van der Waals surface area contributed by atoms with Gasteiger partial charge in [0, 0.05) is 13.0 Å². The van der Waals surface area contributed by atoms with Gasteiger partial charge in [-0.25, -0.2) is 10.1 Å². The summed E-state index contributed by atoms with van der Waals surface area (Å²) in [5.74, 6) is 0.109. The van der Waals surface area contributed by atoms with Crippen molar-refractivity contribution in [2.24, 2.45) is 0 Å². The molecular formula is C16H14NO2. The number of nitrogens with zero attached hydrogens (tertiary/aromatic N) is 1. The molecule has 0 unspecified atom stereocenters. The molecule has 0 spiro atoms. The Morgan fingerprint density at radius 3 is 2.11 bits per heavy atom. The Balaban J connectivity index is 1.98. The SMILES string of the molecule is C[N]C(=O)OCC1c2ccccc2-c2ccccc21. The lowest BCUT2D eigenvalue weighted by Gasteiger charge is -2.13. The molecule has 3 heteroatoms. The van der Waals surface area contributed by atoms with Gasteiger partial charge in [-0.2, -0.15) is 0 Å². The van der Waals surface area contributed by atoms with E-state index in [9.17, 15) is 4.79 Å². The molecule has 1 radical (unpaired) electrons. The first-order chi connectivity index (χ1) is 9.31. The van der Waals surface area contributed by atoms with Gasteiger partial charge in [-0.1, -0.05) is 48.5 Å². The molecule has 0 aromatic heterocycles.